The number of aromatic nitrogens is 1. The summed E-state index contributed by atoms with van der Waals surface area (Å²) in [5.41, 5.74) is 0.824. The minimum Gasteiger partial charge on any atom is -0.461 e. The number of carbonyl (C=O) groups is 1. The fraction of sp³-hybridized carbons (Fsp3) is 0.357. The lowest BCUT2D eigenvalue weighted by Crippen LogP contribution is -2.21. The molecule has 0 aliphatic carbocycles. The molecule has 0 fully saturated rings. The number of fused-ring (bicyclic) bond motifs is 1. The molecular weight excluding hydrogens is 233 g/mol. The smallest absolute Gasteiger partial charge is 0.329 e. The Hall–Kier alpha value is -1.84. The molecule has 2 rings (SSSR count). The predicted molar refractivity (Wildman–Crippen MR) is 67.8 cm³/mol. The highest BCUT2D eigenvalue weighted by molar-refractivity contribution is 5.83. The molecule has 2 aromatic rings. The Bertz CT molecular complexity index is 574. The van der Waals surface area contributed by atoms with Crippen LogP contribution in [-0.4, -0.2) is 16.6 Å². The Morgan fingerprint density at radius 2 is 2.00 bits per heavy atom. The third-order valence-electron chi connectivity index (χ3n) is 2.79. The van der Waals surface area contributed by atoms with E-state index in [0.717, 1.165) is 10.9 Å². The predicted octanol–water partition coefficient (Wildman–Crippen LogP) is 3.29. The Labute approximate surface area is 105 Å². The van der Waals surface area contributed by atoms with Crippen LogP contribution in [0, 0.1) is 5.82 Å². The van der Waals surface area contributed by atoms with E-state index in [0.29, 0.717) is 0 Å². The summed E-state index contributed by atoms with van der Waals surface area (Å²) in [5, 5.41) is 0.777. The van der Waals surface area contributed by atoms with Gasteiger partial charge in [0, 0.05) is 17.1 Å². The van der Waals surface area contributed by atoms with Crippen molar-refractivity contribution in [2.45, 2.75) is 32.9 Å². The fourth-order valence-electron chi connectivity index (χ4n) is 1.92. The van der Waals surface area contributed by atoms with Gasteiger partial charge in [-0.25, -0.2) is 9.18 Å². The van der Waals surface area contributed by atoms with Crippen LogP contribution >= 0.6 is 0 Å². The van der Waals surface area contributed by atoms with E-state index in [2.05, 4.69) is 0 Å². The monoisotopic (exact) mass is 249 g/mol. The van der Waals surface area contributed by atoms with Crippen molar-refractivity contribution in [3.05, 3.63) is 36.3 Å². The molecule has 1 atom stereocenters. The highest BCUT2D eigenvalue weighted by Gasteiger charge is 2.18. The van der Waals surface area contributed by atoms with Gasteiger partial charge in [-0.15, -0.1) is 0 Å². The molecule has 0 saturated heterocycles. The molecule has 4 heteroatoms. The quantitative estimate of drug-likeness (QED) is 0.781. The number of hydrogen-bond acceptors (Lipinski definition) is 2. The number of hydrogen-bond donors (Lipinski definition) is 0. The number of carbonyl (C=O) groups excluding carboxylic acids is 1. The van der Waals surface area contributed by atoms with Gasteiger partial charge in [-0.1, -0.05) is 0 Å². The molecule has 18 heavy (non-hydrogen) atoms. The molecule has 3 nitrogen and oxygen atoms in total. The number of rotatable bonds is 3. The lowest BCUT2D eigenvalue weighted by atomic mass is 10.2. The lowest BCUT2D eigenvalue weighted by molar-refractivity contribution is -0.150. The summed E-state index contributed by atoms with van der Waals surface area (Å²) in [5.74, 6) is -0.565. The van der Waals surface area contributed by atoms with Crippen molar-refractivity contribution in [1.29, 1.82) is 0 Å². The Kier molecular flexibility index (Phi) is 3.36. The van der Waals surface area contributed by atoms with Crippen molar-refractivity contribution in [2.24, 2.45) is 0 Å². The highest BCUT2D eigenvalue weighted by Crippen LogP contribution is 2.22. The lowest BCUT2D eigenvalue weighted by Gasteiger charge is -2.16. The van der Waals surface area contributed by atoms with E-state index in [-0.39, 0.29) is 17.9 Å². The first kappa shape index (κ1) is 12.6. The van der Waals surface area contributed by atoms with E-state index in [1.807, 2.05) is 13.8 Å². The summed E-state index contributed by atoms with van der Waals surface area (Å²) in [6, 6.07) is 5.88. The van der Waals surface area contributed by atoms with E-state index in [9.17, 15) is 9.18 Å². The molecule has 1 aromatic carbocycles. The van der Waals surface area contributed by atoms with E-state index in [4.69, 9.17) is 4.74 Å². The molecule has 0 N–H and O–H groups in total. The van der Waals surface area contributed by atoms with E-state index in [1.165, 1.54) is 12.1 Å². The second-order valence-electron chi connectivity index (χ2n) is 4.59. The first-order chi connectivity index (χ1) is 8.49. The van der Waals surface area contributed by atoms with Gasteiger partial charge in [-0.2, -0.15) is 0 Å². The minimum absolute atomic E-state index is 0.140. The molecular formula is C14H16FNO2. The zero-order valence-electron chi connectivity index (χ0n) is 10.7. The van der Waals surface area contributed by atoms with Gasteiger partial charge in [0.25, 0.3) is 0 Å². The molecule has 1 heterocycles. The fourth-order valence-corrected chi connectivity index (χ4v) is 1.92. The van der Waals surface area contributed by atoms with Crippen LogP contribution in [0.15, 0.2) is 30.5 Å². The van der Waals surface area contributed by atoms with Gasteiger partial charge in [0.15, 0.2) is 0 Å². The molecule has 0 saturated carbocycles. The maximum absolute atomic E-state index is 13.1. The summed E-state index contributed by atoms with van der Waals surface area (Å²) < 4.78 is 20.0. The minimum atomic E-state index is -0.421. The van der Waals surface area contributed by atoms with Gasteiger partial charge in [-0.3, -0.25) is 0 Å². The third-order valence-corrected chi connectivity index (χ3v) is 2.79. The summed E-state index contributed by atoms with van der Waals surface area (Å²) in [7, 11) is 0. The Morgan fingerprint density at radius 1 is 1.28 bits per heavy atom. The van der Waals surface area contributed by atoms with Gasteiger partial charge in [0.2, 0.25) is 0 Å². The maximum atomic E-state index is 13.1. The molecule has 0 radical (unpaired) electrons. The first-order valence-corrected chi connectivity index (χ1v) is 5.95. The number of benzene rings is 1. The Balaban J connectivity index is 2.33. The van der Waals surface area contributed by atoms with Crippen LogP contribution in [0.25, 0.3) is 10.9 Å². The number of halogens is 1. The first-order valence-electron chi connectivity index (χ1n) is 5.95. The van der Waals surface area contributed by atoms with Gasteiger partial charge in [-0.05, 0) is 45.0 Å². The molecule has 0 amide bonds. The van der Waals surface area contributed by atoms with Crippen LogP contribution in [-0.2, 0) is 9.53 Å². The summed E-state index contributed by atoms with van der Waals surface area (Å²) >= 11 is 0. The molecule has 0 bridgehead atoms. The van der Waals surface area contributed by atoms with Crippen LogP contribution in [0.4, 0.5) is 4.39 Å². The van der Waals surface area contributed by atoms with Crippen molar-refractivity contribution in [3.8, 4) is 0 Å². The van der Waals surface area contributed by atoms with Gasteiger partial charge < -0.3 is 9.30 Å². The van der Waals surface area contributed by atoms with E-state index >= 15 is 0 Å². The van der Waals surface area contributed by atoms with Crippen LogP contribution in [0.5, 0.6) is 0 Å². The summed E-state index contributed by atoms with van der Waals surface area (Å²) in [4.78, 5) is 11.8. The largest absolute Gasteiger partial charge is 0.461 e. The summed E-state index contributed by atoms with van der Waals surface area (Å²) in [6.45, 7) is 5.40. The standard InChI is InChI=1S/C14H16FNO2/c1-9(2)18-14(17)10(3)16-7-6-11-8-12(15)4-5-13(11)16/h4-10H,1-3H3. The topological polar surface area (TPSA) is 31.2 Å². The highest BCUT2D eigenvalue weighted by atomic mass is 19.1. The molecule has 1 unspecified atom stereocenters. The molecule has 1 aromatic heterocycles. The van der Waals surface area contributed by atoms with Crippen molar-refractivity contribution in [3.63, 3.8) is 0 Å². The van der Waals surface area contributed by atoms with E-state index < -0.39 is 6.04 Å². The second kappa shape index (κ2) is 4.80. The zero-order valence-corrected chi connectivity index (χ0v) is 10.7. The maximum Gasteiger partial charge on any atom is 0.329 e. The van der Waals surface area contributed by atoms with Gasteiger partial charge >= 0.3 is 5.97 Å². The molecule has 0 aliphatic heterocycles. The van der Waals surface area contributed by atoms with Gasteiger partial charge in [0.05, 0.1) is 6.10 Å². The number of esters is 1. The molecule has 96 valence electrons. The SMILES string of the molecule is CC(C)OC(=O)C(C)n1ccc2cc(F)ccc21. The summed E-state index contributed by atoms with van der Waals surface area (Å²) in [6.07, 6.45) is 1.63. The van der Waals surface area contributed by atoms with Crippen LogP contribution < -0.4 is 0 Å². The average molecular weight is 249 g/mol. The van der Waals surface area contributed by atoms with Gasteiger partial charge in [0.1, 0.15) is 11.9 Å². The van der Waals surface area contributed by atoms with Crippen molar-refractivity contribution < 1.29 is 13.9 Å². The molecule has 0 aliphatic rings. The van der Waals surface area contributed by atoms with Crippen molar-refractivity contribution in [2.75, 3.05) is 0 Å². The molecule has 0 spiro atoms. The van der Waals surface area contributed by atoms with Crippen LogP contribution in [0.2, 0.25) is 0 Å². The van der Waals surface area contributed by atoms with Crippen LogP contribution in [0.3, 0.4) is 0 Å². The van der Waals surface area contributed by atoms with Crippen molar-refractivity contribution >= 4 is 16.9 Å². The van der Waals surface area contributed by atoms with E-state index in [1.54, 1.807) is 29.8 Å². The number of ether oxygens (including phenoxy) is 1. The Morgan fingerprint density at radius 3 is 2.67 bits per heavy atom. The average Bonchev–Trinajstić information content (AvgIpc) is 2.69. The van der Waals surface area contributed by atoms with Crippen LogP contribution in [0.1, 0.15) is 26.8 Å². The van der Waals surface area contributed by atoms with Crippen molar-refractivity contribution in [1.82, 2.24) is 4.57 Å². The normalized spacial score (nSPS) is 12.9. The third kappa shape index (κ3) is 2.37. The zero-order chi connectivity index (χ0) is 13.3. The number of nitrogens with zero attached hydrogens (tertiary/aromatic N) is 1. The second-order valence-corrected chi connectivity index (χ2v) is 4.59.